The fourth-order valence-electron chi connectivity index (χ4n) is 3.10. The molecule has 1 aromatic heterocycles. The first-order chi connectivity index (χ1) is 16.8. The fourth-order valence-corrected chi connectivity index (χ4v) is 6.13. The minimum absolute atomic E-state index is 0.593. The molecule has 0 aromatic carbocycles. The number of aromatic nitrogens is 2. The third-order valence-electron chi connectivity index (χ3n) is 4.98. The van der Waals surface area contributed by atoms with Crippen LogP contribution < -0.4 is 11.2 Å². The Kier molecular flexibility index (Phi) is 12.2. The highest BCUT2D eigenvalue weighted by Crippen LogP contribution is 2.66. The molecule has 17 nitrogen and oxygen atoms in total. The second-order valence-electron chi connectivity index (χ2n) is 7.65. The minimum atomic E-state index is -5.77. The van der Waals surface area contributed by atoms with Gasteiger partial charge in [0.15, 0.2) is 11.9 Å². The first-order valence-corrected chi connectivity index (χ1v) is 15.1. The fraction of sp³-hybridized carbons (Fsp3) is 0.750. The number of ether oxygens (including phenoxy) is 1. The van der Waals surface area contributed by atoms with Crippen LogP contribution in [0.1, 0.15) is 33.9 Å². The number of H-pyrrole nitrogens is 1. The molecular weight excluding hydrogens is 570 g/mol. The standard InChI is InChI=1S/C10H16FN2O14P3.C6H15N/c1-10(11)7(15)5(25-8(10)13-3-2-6(14)12-9(13)16)4-24-29(20,21)27-30(22,23)26-28(17,18)19;1-4-7(5-2)6-3/h2-3,5,7-8,15H,4H2,1H3,(H,20,21)(H,22,23)(H,12,14,16)(H2,17,18,19);4-6H2,1-3H3/t5-,7?,8-,10-;/m1./s1. The normalized spacial score (nSPS) is 27.3. The van der Waals surface area contributed by atoms with Gasteiger partial charge in [0.2, 0.25) is 0 Å². The molecule has 0 saturated carbocycles. The molecule has 2 heterocycles. The van der Waals surface area contributed by atoms with Crippen LogP contribution >= 0.6 is 23.5 Å². The average molecular weight is 601 g/mol. The van der Waals surface area contributed by atoms with Crippen LogP contribution in [0.5, 0.6) is 0 Å². The molecule has 0 radical (unpaired) electrons. The van der Waals surface area contributed by atoms with Gasteiger partial charge in [-0.25, -0.2) is 22.9 Å². The zero-order valence-corrected chi connectivity index (χ0v) is 22.9. The summed E-state index contributed by atoms with van der Waals surface area (Å²) in [6.07, 6.45) is -4.73. The van der Waals surface area contributed by atoms with Crippen molar-refractivity contribution in [2.75, 3.05) is 26.2 Å². The number of nitrogens with zero attached hydrogens (tertiary/aromatic N) is 2. The molecule has 6 N–H and O–H groups in total. The smallest absolute Gasteiger partial charge is 0.387 e. The molecule has 0 amide bonds. The van der Waals surface area contributed by atoms with Crippen molar-refractivity contribution in [1.29, 1.82) is 0 Å². The third kappa shape index (κ3) is 10.5. The van der Waals surface area contributed by atoms with Crippen LogP contribution in [-0.2, 0) is 31.6 Å². The number of aliphatic hydroxyl groups excluding tert-OH is 1. The lowest BCUT2D eigenvalue weighted by atomic mass is 9.98. The Bertz CT molecular complexity index is 1140. The molecule has 1 fully saturated rings. The van der Waals surface area contributed by atoms with Crippen molar-refractivity contribution in [3.8, 4) is 0 Å². The van der Waals surface area contributed by atoms with E-state index in [1.54, 1.807) is 0 Å². The zero-order chi connectivity index (χ0) is 28.8. The van der Waals surface area contributed by atoms with E-state index in [4.69, 9.17) is 19.4 Å². The van der Waals surface area contributed by atoms with Gasteiger partial charge in [-0.3, -0.25) is 18.9 Å². The van der Waals surface area contributed by atoms with Crippen LogP contribution in [0.25, 0.3) is 0 Å². The van der Waals surface area contributed by atoms with Crippen molar-refractivity contribution in [2.24, 2.45) is 0 Å². The van der Waals surface area contributed by atoms with E-state index in [-0.39, 0.29) is 0 Å². The van der Waals surface area contributed by atoms with Crippen LogP contribution in [-0.4, -0.2) is 83.2 Å². The molecule has 21 heteroatoms. The van der Waals surface area contributed by atoms with Crippen LogP contribution in [0.15, 0.2) is 21.9 Å². The quantitative estimate of drug-likeness (QED) is 0.186. The number of rotatable bonds is 11. The maximum Gasteiger partial charge on any atom is 0.490 e. The second-order valence-corrected chi connectivity index (χ2v) is 12.1. The summed E-state index contributed by atoms with van der Waals surface area (Å²) in [4.78, 5) is 62.5. The molecule has 2 rings (SSSR count). The number of phosphoric acid groups is 3. The number of hydrogen-bond donors (Lipinski definition) is 6. The molecule has 1 aromatic rings. The van der Waals surface area contributed by atoms with Crippen LogP contribution in [0.2, 0.25) is 0 Å². The molecule has 0 spiro atoms. The lowest BCUT2D eigenvalue weighted by Gasteiger charge is -2.24. The lowest BCUT2D eigenvalue weighted by Crippen LogP contribution is -2.43. The summed E-state index contributed by atoms with van der Waals surface area (Å²) >= 11 is 0. The third-order valence-corrected chi connectivity index (χ3v) is 8.78. The predicted molar refractivity (Wildman–Crippen MR) is 124 cm³/mol. The van der Waals surface area contributed by atoms with Crippen molar-refractivity contribution in [3.05, 3.63) is 33.1 Å². The number of phosphoric ester groups is 1. The Morgan fingerprint density at radius 3 is 2.05 bits per heavy atom. The number of aromatic amines is 1. The molecule has 1 aliphatic rings. The number of halogens is 1. The summed E-state index contributed by atoms with van der Waals surface area (Å²) in [5.41, 5.74) is -4.55. The van der Waals surface area contributed by atoms with Crippen molar-refractivity contribution >= 4 is 23.5 Å². The summed E-state index contributed by atoms with van der Waals surface area (Å²) < 4.78 is 65.4. The monoisotopic (exact) mass is 601 g/mol. The zero-order valence-electron chi connectivity index (χ0n) is 20.2. The SMILES string of the molecule is CCN(CC)CC.C[C@@]1(F)C(O)[C@@H](COP(=O)(O)OP(=O)(O)OP(=O)(O)O)O[C@H]1n1ccc(=O)[nH]c1=O. The molecule has 6 atom stereocenters. The van der Waals surface area contributed by atoms with Gasteiger partial charge in [0, 0.05) is 12.3 Å². The second kappa shape index (κ2) is 13.3. The highest BCUT2D eigenvalue weighted by molar-refractivity contribution is 7.66. The van der Waals surface area contributed by atoms with Crippen molar-refractivity contribution in [1.82, 2.24) is 14.5 Å². The summed E-state index contributed by atoms with van der Waals surface area (Å²) in [7, 11) is -16.9. The Balaban J connectivity index is 0.000000856. The van der Waals surface area contributed by atoms with Gasteiger partial charge in [-0.1, -0.05) is 20.8 Å². The van der Waals surface area contributed by atoms with E-state index >= 15 is 0 Å². The van der Waals surface area contributed by atoms with Gasteiger partial charge in [0.05, 0.1) is 6.61 Å². The summed E-state index contributed by atoms with van der Waals surface area (Å²) in [6.45, 7) is 9.81. The van der Waals surface area contributed by atoms with E-state index in [2.05, 4.69) is 38.8 Å². The largest absolute Gasteiger partial charge is 0.490 e. The van der Waals surface area contributed by atoms with Crippen molar-refractivity contribution in [3.63, 3.8) is 0 Å². The highest BCUT2D eigenvalue weighted by Gasteiger charge is 2.56. The topological polar surface area (TPSA) is 247 Å². The van der Waals surface area contributed by atoms with Gasteiger partial charge in [-0.2, -0.15) is 8.62 Å². The van der Waals surface area contributed by atoms with E-state index in [1.165, 1.54) is 19.6 Å². The Morgan fingerprint density at radius 2 is 1.62 bits per heavy atom. The van der Waals surface area contributed by atoms with E-state index in [0.717, 1.165) is 19.2 Å². The molecule has 0 aliphatic carbocycles. The first kappa shape index (κ1) is 33.9. The highest BCUT2D eigenvalue weighted by atomic mass is 31.3. The van der Waals surface area contributed by atoms with E-state index < -0.39 is 65.4 Å². The van der Waals surface area contributed by atoms with Crippen LogP contribution in [0, 0.1) is 0 Å². The molecule has 37 heavy (non-hydrogen) atoms. The summed E-state index contributed by atoms with van der Waals surface area (Å²) in [5, 5.41) is 10.1. The Labute approximate surface area is 210 Å². The predicted octanol–water partition coefficient (Wildman–Crippen LogP) is 0.214. The van der Waals surface area contributed by atoms with Gasteiger partial charge < -0.3 is 34.3 Å². The maximum atomic E-state index is 14.9. The number of hydrogen-bond acceptors (Lipinski definition) is 11. The van der Waals surface area contributed by atoms with Gasteiger partial charge in [0.25, 0.3) is 5.56 Å². The van der Waals surface area contributed by atoms with E-state index in [9.17, 15) is 37.7 Å². The summed E-state index contributed by atoms with van der Waals surface area (Å²) in [5.74, 6) is 0. The van der Waals surface area contributed by atoms with E-state index in [1.807, 2.05) is 4.98 Å². The lowest BCUT2D eigenvalue weighted by molar-refractivity contribution is -0.0604. The first-order valence-electron chi connectivity index (χ1n) is 10.6. The van der Waals surface area contributed by atoms with Gasteiger partial charge in [0.1, 0.15) is 12.2 Å². The molecule has 3 unspecified atom stereocenters. The molecule has 216 valence electrons. The molecule has 0 bridgehead atoms. The van der Waals surface area contributed by atoms with Crippen molar-refractivity contribution < 1.29 is 60.6 Å². The van der Waals surface area contributed by atoms with Gasteiger partial charge in [-0.05, 0) is 26.6 Å². The Morgan fingerprint density at radius 1 is 1.08 bits per heavy atom. The minimum Gasteiger partial charge on any atom is -0.387 e. The van der Waals surface area contributed by atoms with E-state index in [0.29, 0.717) is 4.57 Å². The van der Waals surface area contributed by atoms with Crippen LogP contribution in [0.3, 0.4) is 0 Å². The van der Waals surface area contributed by atoms with Crippen LogP contribution in [0.4, 0.5) is 4.39 Å². The number of alkyl halides is 1. The van der Waals surface area contributed by atoms with Crippen molar-refractivity contribution in [2.45, 2.75) is 51.8 Å². The number of aliphatic hydroxyl groups is 1. The molecular formula is C16H31FN3O14P3. The average Bonchev–Trinajstić information content (AvgIpc) is 2.95. The molecule has 1 saturated heterocycles. The summed E-state index contributed by atoms with van der Waals surface area (Å²) in [6, 6.07) is 0.868. The molecule has 1 aliphatic heterocycles. The van der Waals surface area contributed by atoms with Gasteiger partial charge in [-0.15, -0.1) is 0 Å². The Hall–Kier alpha value is -1.10. The maximum absolute atomic E-state index is 14.9. The number of nitrogens with one attached hydrogen (secondary N) is 1. The van der Waals surface area contributed by atoms with Gasteiger partial charge >= 0.3 is 29.2 Å².